The first kappa shape index (κ1) is 27.9. The van der Waals surface area contributed by atoms with Gasteiger partial charge in [0.15, 0.2) is 0 Å². The molecule has 6 nitrogen and oxygen atoms in total. The molecular weight excluding hydrogens is 515 g/mol. The molecule has 36 heavy (non-hydrogen) atoms. The summed E-state index contributed by atoms with van der Waals surface area (Å²) >= 11 is 7.12. The van der Waals surface area contributed by atoms with Crippen LogP contribution in [0, 0.1) is 11.3 Å². The zero-order valence-electron chi connectivity index (χ0n) is 19.4. The number of phenols is 1. The normalized spacial score (nSPS) is 12.7. The lowest BCUT2D eigenvalue weighted by molar-refractivity contribution is -0.137. The molecule has 2 aromatic carbocycles. The zero-order valence-corrected chi connectivity index (χ0v) is 21.0. The molecule has 11 heteroatoms. The number of aliphatic hydroxyl groups excluding tert-OH is 1. The molecule has 0 saturated carbocycles. The minimum absolute atomic E-state index is 0.0737. The number of nitriles is 1. The van der Waals surface area contributed by atoms with Crippen LogP contribution in [0.1, 0.15) is 24.8 Å². The van der Waals surface area contributed by atoms with E-state index in [0.29, 0.717) is 32.4 Å². The summed E-state index contributed by atoms with van der Waals surface area (Å²) in [6.07, 6.45) is -3.88. The van der Waals surface area contributed by atoms with Crippen LogP contribution in [0.2, 0.25) is 5.02 Å². The zero-order chi connectivity index (χ0) is 26.5. The maximum Gasteiger partial charge on any atom is 0.416 e. The summed E-state index contributed by atoms with van der Waals surface area (Å²) in [5.41, 5.74) is -1.04. The number of fused-ring (bicyclic) bond motifs is 1. The third-order valence-corrected chi connectivity index (χ3v) is 7.09. The van der Waals surface area contributed by atoms with Gasteiger partial charge in [-0.15, -0.1) is 11.8 Å². The van der Waals surface area contributed by atoms with Crippen molar-refractivity contribution in [2.24, 2.45) is 0 Å². The van der Waals surface area contributed by atoms with Crippen LogP contribution in [-0.2, 0) is 6.18 Å². The van der Waals surface area contributed by atoms with Crippen molar-refractivity contribution in [1.82, 2.24) is 9.88 Å². The number of hydrogen-bond acceptors (Lipinski definition) is 6. The second kappa shape index (κ2) is 12.0. The van der Waals surface area contributed by atoms with E-state index in [0.717, 1.165) is 23.9 Å². The van der Waals surface area contributed by atoms with Crippen LogP contribution in [-0.4, -0.2) is 52.1 Å². The topological polar surface area (TPSA) is 100 Å². The summed E-state index contributed by atoms with van der Waals surface area (Å²) in [5.74, 6) is -0.129. The molecule has 1 heterocycles. The molecule has 0 aliphatic carbocycles. The lowest BCUT2D eigenvalue weighted by Gasteiger charge is -2.18. The van der Waals surface area contributed by atoms with E-state index >= 15 is 0 Å². The largest absolute Gasteiger partial charge is 0.507 e. The summed E-state index contributed by atoms with van der Waals surface area (Å²) < 4.78 is 40.4. The third kappa shape index (κ3) is 6.95. The highest BCUT2D eigenvalue weighted by atomic mass is 35.5. The van der Waals surface area contributed by atoms with Crippen LogP contribution < -0.4 is 5.56 Å². The lowest BCUT2D eigenvalue weighted by Crippen LogP contribution is -2.22. The van der Waals surface area contributed by atoms with E-state index in [1.54, 1.807) is 0 Å². The minimum Gasteiger partial charge on any atom is -0.507 e. The second-order valence-corrected chi connectivity index (χ2v) is 9.86. The van der Waals surface area contributed by atoms with Gasteiger partial charge in [-0.3, -0.25) is 4.79 Å². The molecule has 0 spiro atoms. The molecule has 3 rings (SSSR count). The van der Waals surface area contributed by atoms with E-state index in [1.165, 1.54) is 24.3 Å². The molecule has 1 atom stereocenters. The minimum atomic E-state index is -4.61. The summed E-state index contributed by atoms with van der Waals surface area (Å²) in [7, 11) is 1.88. The van der Waals surface area contributed by atoms with Gasteiger partial charge in [0.2, 0.25) is 0 Å². The lowest BCUT2D eigenvalue weighted by atomic mass is 9.98. The van der Waals surface area contributed by atoms with Gasteiger partial charge in [-0.25, -0.2) is 0 Å². The number of aromatic nitrogens is 1. The number of rotatable bonds is 10. The predicted molar refractivity (Wildman–Crippen MR) is 135 cm³/mol. The van der Waals surface area contributed by atoms with E-state index in [1.807, 2.05) is 11.9 Å². The van der Waals surface area contributed by atoms with Gasteiger partial charge in [0.25, 0.3) is 5.56 Å². The fourth-order valence-corrected chi connectivity index (χ4v) is 5.02. The molecule has 0 radical (unpaired) electrons. The van der Waals surface area contributed by atoms with Crippen LogP contribution in [0.15, 0.2) is 46.1 Å². The third-order valence-electron chi connectivity index (χ3n) is 5.63. The summed E-state index contributed by atoms with van der Waals surface area (Å²) in [6, 6.07) is 9.20. The number of aromatic amines is 1. The number of thioether (sulfide) groups is 1. The number of alkyl halides is 3. The highest BCUT2D eigenvalue weighted by Crippen LogP contribution is 2.42. The number of pyridine rings is 1. The second-order valence-electron chi connectivity index (χ2n) is 8.40. The molecule has 1 aromatic heterocycles. The Balaban J connectivity index is 1.96. The van der Waals surface area contributed by atoms with Crippen molar-refractivity contribution in [3.8, 4) is 22.9 Å². The van der Waals surface area contributed by atoms with Gasteiger partial charge in [0.05, 0.1) is 22.6 Å². The van der Waals surface area contributed by atoms with E-state index in [9.17, 15) is 28.2 Å². The molecular formula is C25H25ClF3N3O3S. The van der Waals surface area contributed by atoms with Gasteiger partial charge < -0.3 is 20.1 Å². The van der Waals surface area contributed by atoms with Crippen molar-refractivity contribution < 1.29 is 23.4 Å². The SMILES string of the molecule is CN(CCC#N)CCCC(O)CSc1c(-c2cc(Cl)ccc2O)c2cc(C(F)(F)F)ccc2[nH]c1=O. The molecule has 0 saturated heterocycles. The molecule has 3 aromatic rings. The van der Waals surface area contributed by atoms with Crippen molar-refractivity contribution in [2.75, 3.05) is 25.9 Å². The Morgan fingerprint density at radius 2 is 1.97 bits per heavy atom. The van der Waals surface area contributed by atoms with Crippen molar-refractivity contribution >= 4 is 34.3 Å². The first-order chi connectivity index (χ1) is 17.0. The van der Waals surface area contributed by atoms with Crippen LogP contribution >= 0.6 is 23.4 Å². The number of nitrogens with one attached hydrogen (secondary N) is 1. The monoisotopic (exact) mass is 539 g/mol. The maximum atomic E-state index is 13.5. The summed E-state index contributed by atoms with van der Waals surface area (Å²) in [6.45, 7) is 1.31. The van der Waals surface area contributed by atoms with Crippen LogP contribution in [0.4, 0.5) is 13.2 Å². The van der Waals surface area contributed by atoms with Crippen LogP contribution in [0.3, 0.4) is 0 Å². The number of nitrogens with zero attached hydrogens (tertiary/aromatic N) is 2. The van der Waals surface area contributed by atoms with Crippen LogP contribution in [0.25, 0.3) is 22.0 Å². The highest BCUT2D eigenvalue weighted by Gasteiger charge is 2.31. The van der Waals surface area contributed by atoms with E-state index in [2.05, 4.69) is 11.1 Å². The number of halogens is 4. The Morgan fingerprint density at radius 3 is 2.67 bits per heavy atom. The first-order valence-corrected chi connectivity index (χ1v) is 12.5. The van der Waals surface area contributed by atoms with Gasteiger partial charge in [-0.2, -0.15) is 18.4 Å². The van der Waals surface area contributed by atoms with Crippen molar-refractivity contribution in [1.29, 1.82) is 5.26 Å². The van der Waals surface area contributed by atoms with Crippen LogP contribution in [0.5, 0.6) is 5.75 Å². The molecule has 0 fully saturated rings. The van der Waals surface area contributed by atoms with Crippen molar-refractivity contribution in [3.63, 3.8) is 0 Å². The number of aliphatic hydroxyl groups is 1. The Bertz CT molecular complexity index is 1320. The number of aromatic hydroxyl groups is 1. The van der Waals surface area contributed by atoms with Gasteiger partial charge in [0.1, 0.15) is 5.75 Å². The molecule has 3 N–H and O–H groups in total. The first-order valence-electron chi connectivity index (χ1n) is 11.1. The molecule has 1 unspecified atom stereocenters. The standard InChI is InChI=1S/C25H25ClF3N3O3S/c1-32(11-3-9-30)10-2-4-17(33)14-36-23-22(19-13-16(26)6-8-21(19)34)18-12-15(25(27,28)29)5-7-20(18)31-24(23)35/h5-8,12-13,17,33-34H,2-4,10-11,14H2,1H3,(H,31,35). The fourth-order valence-electron chi connectivity index (χ4n) is 3.78. The molecule has 0 aliphatic heterocycles. The van der Waals surface area contributed by atoms with Gasteiger partial charge in [-0.1, -0.05) is 11.6 Å². The Kier molecular flexibility index (Phi) is 9.30. The Hall–Kier alpha value is -2.71. The average Bonchev–Trinajstić information content (AvgIpc) is 2.81. The van der Waals surface area contributed by atoms with E-state index in [-0.39, 0.29) is 43.5 Å². The van der Waals surface area contributed by atoms with E-state index < -0.39 is 23.4 Å². The summed E-state index contributed by atoms with van der Waals surface area (Å²) in [5, 5.41) is 30.0. The van der Waals surface area contributed by atoms with Gasteiger partial charge in [-0.05, 0) is 62.8 Å². The number of phenolic OH excluding ortho intramolecular Hbond substituents is 1. The molecule has 192 valence electrons. The Morgan fingerprint density at radius 1 is 1.22 bits per heavy atom. The van der Waals surface area contributed by atoms with Gasteiger partial charge >= 0.3 is 6.18 Å². The summed E-state index contributed by atoms with van der Waals surface area (Å²) in [4.78, 5) is 17.7. The Labute approximate surface area is 215 Å². The number of benzene rings is 2. The fraction of sp³-hybridized carbons (Fsp3) is 0.360. The van der Waals surface area contributed by atoms with Gasteiger partial charge in [0, 0.05) is 45.8 Å². The van der Waals surface area contributed by atoms with Crippen molar-refractivity contribution in [2.45, 2.75) is 36.4 Å². The predicted octanol–water partition coefficient (Wildman–Crippen LogP) is 5.65. The highest BCUT2D eigenvalue weighted by molar-refractivity contribution is 7.99. The molecule has 0 aliphatic rings. The van der Waals surface area contributed by atoms with Crippen molar-refractivity contribution in [3.05, 3.63) is 57.3 Å². The smallest absolute Gasteiger partial charge is 0.416 e. The number of H-pyrrole nitrogens is 1. The quantitative estimate of drug-likeness (QED) is 0.288. The molecule has 0 bridgehead atoms. The number of hydrogen-bond donors (Lipinski definition) is 3. The maximum absolute atomic E-state index is 13.5. The molecule has 0 amide bonds. The van der Waals surface area contributed by atoms with E-state index in [4.69, 9.17) is 16.9 Å². The average molecular weight is 540 g/mol.